The van der Waals surface area contributed by atoms with Gasteiger partial charge in [0.25, 0.3) is 5.91 Å². The number of halogens is 1. The molecule has 0 bridgehead atoms. The van der Waals surface area contributed by atoms with Gasteiger partial charge in [-0.25, -0.2) is 4.98 Å². The van der Waals surface area contributed by atoms with E-state index in [-0.39, 0.29) is 24.8 Å². The normalized spacial score (nSPS) is 10.6. The van der Waals surface area contributed by atoms with Gasteiger partial charge in [-0.1, -0.05) is 22.0 Å². The van der Waals surface area contributed by atoms with Gasteiger partial charge in [-0.2, -0.15) is 5.10 Å². The highest BCUT2D eigenvalue weighted by Crippen LogP contribution is 2.23. The van der Waals surface area contributed by atoms with Crippen molar-refractivity contribution in [1.29, 1.82) is 0 Å². The van der Waals surface area contributed by atoms with Gasteiger partial charge in [-0.15, -0.1) is 11.3 Å². The van der Waals surface area contributed by atoms with Gasteiger partial charge in [0.05, 0.1) is 6.20 Å². The van der Waals surface area contributed by atoms with E-state index in [0.717, 1.165) is 26.3 Å². The molecule has 0 spiro atoms. The number of thiazole rings is 1. The van der Waals surface area contributed by atoms with E-state index in [9.17, 15) is 9.59 Å². The Kier molecular flexibility index (Phi) is 6.02. The predicted octanol–water partition coefficient (Wildman–Crippen LogP) is 3.37. The first-order valence-electron chi connectivity index (χ1n) is 8.21. The number of aromatic nitrogens is 3. The fraction of sp³-hybridized carbons (Fsp3) is 0.222. The van der Waals surface area contributed by atoms with Crippen molar-refractivity contribution < 1.29 is 9.59 Å². The first kappa shape index (κ1) is 19.2. The number of amides is 2. The molecule has 2 amide bonds. The lowest BCUT2D eigenvalue weighted by Crippen LogP contribution is -2.28. The summed E-state index contributed by atoms with van der Waals surface area (Å²) in [4.78, 5) is 28.6. The van der Waals surface area contributed by atoms with Gasteiger partial charge < -0.3 is 10.6 Å². The standard InChI is InChI=1S/C18H18BrN5O2S/c1-11-3-4-13(19)7-14(11)22-16(25)5-6-20-17(26)15-10-27-18(23-15)12-8-21-24(2)9-12/h3-4,7-10H,5-6H2,1-2H3,(H,20,26)(H,22,25). The van der Waals surface area contributed by atoms with Crippen molar-refractivity contribution in [2.75, 3.05) is 11.9 Å². The van der Waals surface area contributed by atoms with Crippen molar-refractivity contribution in [2.24, 2.45) is 7.05 Å². The zero-order valence-electron chi connectivity index (χ0n) is 14.8. The molecule has 2 aromatic heterocycles. The molecule has 140 valence electrons. The van der Waals surface area contributed by atoms with E-state index in [1.54, 1.807) is 16.3 Å². The number of aryl methyl sites for hydroxylation is 2. The molecule has 0 saturated heterocycles. The Hall–Kier alpha value is -2.52. The van der Waals surface area contributed by atoms with Crippen LogP contribution < -0.4 is 10.6 Å². The second-order valence-corrected chi connectivity index (χ2v) is 7.73. The Morgan fingerprint density at radius 1 is 1.33 bits per heavy atom. The number of nitrogens with one attached hydrogen (secondary N) is 2. The van der Waals surface area contributed by atoms with Crippen LogP contribution in [0.5, 0.6) is 0 Å². The number of hydrogen-bond acceptors (Lipinski definition) is 5. The Labute approximate surface area is 168 Å². The molecule has 0 aliphatic rings. The molecular weight excluding hydrogens is 430 g/mol. The highest BCUT2D eigenvalue weighted by molar-refractivity contribution is 9.10. The molecule has 1 aromatic carbocycles. The quantitative estimate of drug-likeness (QED) is 0.605. The summed E-state index contributed by atoms with van der Waals surface area (Å²) in [6.45, 7) is 2.16. The molecule has 0 aliphatic carbocycles. The van der Waals surface area contributed by atoms with Crippen molar-refractivity contribution in [1.82, 2.24) is 20.1 Å². The summed E-state index contributed by atoms with van der Waals surface area (Å²) < 4.78 is 2.58. The zero-order valence-corrected chi connectivity index (χ0v) is 17.2. The lowest BCUT2D eigenvalue weighted by atomic mass is 10.2. The van der Waals surface area contributed by atoms with Crippen molar-refractivity contribution in [3.05, 3.63) is 51.7 Å². The molecule has 3 rings (SSSR count). The molecule has 3 aromatic rings. The van der Waals surface area contributed by atoms with Gasteiger partial charge in [0, 0.05) is 47.3 Å². The molecule has 9 heteroatoms. The molecule has 2 heterocycles. The Morgan fingerprint density at radius 2 is 2.15 bits per heavy atom. The van der Waals surface area contributed by atoms with E-state index in [4.69, 9.17) is 0 Å². The lowest BCUT2D eigenvalue weighted by molar-refractivity contribution is -0.116. The van der Waals surface area contributed by atoms with E-state index in [1.807, 2.05) is 38.4 Å². The SMILES string of the molecule is Cc1ccc(Br)cc1NC(=O)CCNC(=O)c1csc(-c2cnn(C)c2)n1. The van der Waals surface area contributed by atoms with E-state index < -0.39 is 0 Å². The summed E-state index contributed by atoms with van der Waals surface area (Å²) in [7, 11) is 1.82. The predicted molar refractivity (Wildman–Crippen MR) is 109 cm³/mol. The molecule has 7 nitrogen and oxygen atoms in total. The maximum Gasteiger partial charge on any atom is 0.270 e. The van der Waals surface area contributed by atoms with Crippen LogP contribution >= 0.6 is 27.3 Å². The van der Waals surface area contributed by atoms with E-state index in [0.29, 0.717) is 5.69 Å². The van der Waals surface area contributed by atoms with Gasteiger partial charge in [0.2, 0.25) is 5.91 Å². The van der Waals surface area contributed by atoms with E-state index in [2.05, 4.69) is 36.6 Å². The molecule has 27 heavy (non-hydrogen) atoms. The molecule has 0 radical (unpaired) electrons. The number of rotatable bonds is 6. The number of carbonyl (C=O) groups excluding carboxylic acids is 2. The minimum atomic E-state index is -0.298. The van der Waals surface area contributed by atoms with Crippen LogP contribution in [0.4, 0.5) is 5.69 Å². The molecular formula is C18H18BrN5O2S. The highest BCUT2D eigenvalue weighted by Gasteiger charge is 2.13. The number of benzene rings is 1. The molecule has 2 N–H and O–H groups in total. The van der Waals surface area contributed by atoms with Crippen LogP contribution in [0.25, 0.3) is 10.6 Å². The molecule has 0 fully saturated rings. The third kappa shape index (κ3) is 5.01. The maximum atomic E-state index is 12.2. The summed E-state index contributed by atoms with van der Waals surface area (Å²) in [5.41, 5.74) is 2.93. The summed E-state index contributed by atoms with van der Waals surface area (Å²) in [5, 5.41) is 12.1. The number of anilines is 1. The second kappa shape index (κ2) is 8.45. The zero-order chi connectivity index (χ0) is 19.4. The van der Waals surface area contributed by atoms with E-state index in [1.165, 1.54) is 11.3 Å². The summed E-state index contributed by atoms with van der Waals surface area (Å²) in [6.07, 6.45) is 3.72. The monoisotopic (exact) mass is 447 g/mol. The third-order valence-electron chi connectivity index (χ3n) is 3.80. The Morgan fingerprint density at radius 3 is 2.89 bits per heavy atom. The first-order chi connectivity index (χ1) is 12.9. The topological polar surface area (TPSA) is 88.9 Å². The Balaban J connectivity index is 1.50. The molecule has 0 saturated carbocycles. The highest BCUT2D eigenvalue weighted by atomic mass is 79.9. The van der Waals surface area contributed by atoms with Crippen molar-refractivity contribution in [3.63, 3.8) is 0 Å². The van der Waals surface area contributed by atoms with Crippen LogP contribution in [0, 0.1) is 6.92 Å². The smallest absolute Gasteiger partial charge is 0.270 e. The van der Waals surface area contributed by atoms with Crippen LogP contribution in [0.15, 0.2) is 40.4 Å². The minimum Gasteiger partial charge on any atom is -0.350 e. The second-order valence-electron chi connectivity index (χ2n) is 5.95. The van der Waals surface area contributed by atoms with E-state index >= 15 is 0 Å². The molecule has 0 unspecified atom stereocenters. The molecule has 0 aliphatic heterocycles. The van der Waals surface area contributed by atoms with Gasteiger partial charge in [-0.3, -0.25) is 14.3 Å². The van der Waals surface area contributed by atoms with Crippen molar-refractivity contribution >= 4 is 44.8 Å². The van der Waals surface area contributed by atoms with Gasteiger partial charge in [0.15, 0.2) is 0 Å². The van der Waals surface area contributed by atoms with Crippen LogP contribution in [0.3, 0.4) is 0 Å². The first-order valence-corrected chi connectivity index (χ1v) is 9.88. The van der Waals surface area contributed by atoms with Gasteiger partial charge in [-0.05, 0) is 24.6 Å². The van der Waals surface area contributed by atoms with Crippen LogP contribution in [0.2, 0.25) is 0 Å². The van der Waals surface area contributed by atoms with Gasteiger partial charge >= 0.3 is 0 Å². The fourth-order valence-corrected chi connectivity index (χ4v) is 3.50. The number of carbonyl (C=O) groups is 2. The average Bonchev–Trinajstić information content (AvgIpc) is 3.27. The number of nitrogens with zero attached hydrogens (tertiary/aromatic N) is 3. The third-order valence-corrected chi connectivity index (χ3v) is 5.18. The minimum absolute atomic E-state index is 0.161. The van der Waals surface area contributed by atoms with Crippen molar-refractivity contribution in [3.8, 4) is 10.6 Å². The summed E-state index contributed by atoms with van der Waals surface area (Å²) >= 11 is 4.76. The average molecular weight is 448 g/mol. The maximum absolute atomic E-state index is 12.2. The molecule has 0 atom stereocenters. The van der Waals surface area contributed by atoms with Crippen LogP contribution in [0.1, 0.15) is 22.5 Å². The largest absolute Gasteiger partial charge is 0.350 e. The summed E-state index contributed by atoms with van der Waals surface area (Å²) in [5.74, 6) is -0.460. The Bertz CT molecular complexity index is 982. The lowest BCUT2D eigenvalue weighted by Gasteiger charge is -2.09. The van der Waals surface area contributed by atoms with Crippen LogP contribution in [-0.2, 0) is 11.8 Å². The number of hydrogen-bond donors (Lipinski definition) is 2. The fourth-order valence-electron chi connectivity index (χ4n) is 2.36. The summed E-state index contributed by atoms with van der Waals surface area (Å²) in [6, 6.07) is 5.68. The van der Waals surface area contributed by atoms with Crippen molar-refractivity contribution in [2.45, 2.75) is 13.3 Å². The van der Waals surface area contributed by atoms with Gasteiger partial charge in [0.1, 0.15) is 10.7 Å². The van der Waals surface area contributed by atoms with Crippen LogP contribution in [-0.4, -0.2) is 33.1 Å².